The molecule has 0 spiro atoms. The first kappa shape index (κ1) is 17.2. The molecule has 23 heavy (non-hydrogen) atoms. The predicted molar refractivity (Wildman–Crippen MR) is 82.4 cm³/mol. The van der Waals surface area contributed by atoms with Gasteiger partial charge in [-0.2, -0.15) is 0 Å². The molecule has 128 valence electrons. The molecule has 1 aliphatic rings. The second-order valence-corrected chi connectivity index (χ2v) is 6.71. The summed E-state index contributed by atoms with van der Waals surface area (Å²) in [6.45, 7) is 8.45. The summed E-state index contributed by atoms with van der Waals surface area (Å²) in [6.07, 6.45) is 1.82. The summed E-state index contributed by atoms with van der Waals surface area (Å²) in [5.41, 5.74) is 0.0398. The van der Waals surface area contributed by atoms with Crippen molar-refractivity contribution in [3.8, 4) is 0 Å². The number of hydrogen-bond donors (Lipinski definition) is 1. The molecule has 1 N–H and O–H groups in total. The topological polar surface area (TPSA) is 97.5 Å². The number of ether oxygens (including phenoxy) is 1. The van der Waals surface area contributed by atoms with Crippen LogP contribution in [0.4, 0.5) is 4.79 Å². The van der Waals surface area contributed by atoms with Crippen LogP contribution in [0.25, 0.3) is 0 Å². The number of amides is 1. The number of piperidine rings is 1. The molecule has 2 heterocycles. The third-order valence-corrected chi connectivity index (χ3v) is 3.72. The molecule has 1 aromatic heterocycles. The zero-order chi connectivity index (χ0) is 17.2. The van der Waals surface area contributed by atoms with E-state index < -0.39 is 11.6 Å². The molecule has 0 aromatic carbocycles. The molecule has 1 atom stereocenters. The van der Waals surface area contributed by atoms with Gasteiger partial charge in [-0.05, 0) is 40.0 Å². The summed E-state index contributed by atoms with van der Waals surface area (Å²) in [6, 6.07) is -0.0770. The number of aromatic nitrogens is 3. The van der Waals surface area contributed by atoms with Crippen molar-refractivity contribution in [1.82, 2.24) is 19.9 Å². The molecule has 2 rings (SSSR count). The monoisotopic (exact) mass is 324 g/mol. The first-order valence-corrected chi connectivity index (χ1v) is 7.88. The average molecular weight is 324 g/mol. The van der Waals surface area contributed by atoms with Crippen molar-refractivity contribution in [2.45, 2.75) is 58.6 Å². The minimum atomic E-state index is -1.08. The lowest BCUT2D eigenvalue weighted by Gasteiger charge is -2.34. The Balaban J connectivity index is 2.15. The summed E-state index contributed by atoms with van der Waals surface area (Å²) < 4.78 is 7.06. The highest BCUT2D eigenvalue weighted by Gasteiger charge is 2.31. The molecule has 1 amide bonds. The molecule has 0 radical (unpaired) electrons. The van der Waals surface area contributed by atoms with Gasteiger partial charge in [0.05, 0.1) is 11.7 Å². The Kier molecular flexibility index (Phi) is 4.91. The first-order chi connectivity index (χ1) is 10.7. The van der Waals surface area contributed by atoms with Crippen molar-refractivity contribution in [3.05, 3.63) is 11.4 Å². The van der Waals surface area contributed by atoms with Crippen LogP contribution < -0.4 is 0 Å². The van der Waals surface area contributed by atoms with Crippen molar-refractivity contribution in [1.29, 1.82) is 0 Å². The van der Waals surface area contributed by atoms with E-state index in [2.05, 4.69) is 10.3 Å². The van der Waals surface area contributed by atoms with Crippen LogP contribution in [0, 0.1) is 0 Å². The van der Waals surface area contributed by atoms with E-state index in [1.807, 2.05) is 27.7 Å². The third-order valence-electron chi connectivity index (χ3n) is 3.72. The number of nitrogens with zero attached hydrogens (tertiary/aromatic N) is 4. The second kappa shape index (κ2) is 6.55. The van der Waals surface area contributed by atoms with E-state index in [1.54, 1.807) is 9.58 Å². The van der Waals surface area contributed by atoms with E-state index in [0.717, 1.165) is 12.8 Å². The van der Waals surface area contributed by atoms with Crippen molar-refractivity contribution in [2.75, 3.05) is 13.1 Å². The van der Waals surface area contributed by atoms with E-state index >= 15 is 0 Å². The van der Waals surface area contributed by atoms with Crippen molar-refractivity contribution in [2.24, 2.45) is 0 Å². The van der Waals surface area contributed by atoms with Crippen LogP contribution in [0.1, 0.15) is 62.8 Å². The fraction of sp³-hybridized carbons (Fsp3) is 0.733. The van der Waals surface area contributed by atoms with E-state index in [-0.39, 0.29) is 17.8 Å². The van der Waals surface area contributed by atoms with E-state index in [1.165, 1.54) is 0 Å². The molecule has 0 unspecified atom stereocenters. The molecule has 1 saturated heterocycles. The minimum Gasteiger partial charge on any atom is -0.476 e. The lowest BCUT2D eigenvalue weighted by atomic mass is 10.1. The standard InChI is InChI=1S/C15H24N4O4/c1-5-11-12(13(20)21)16-17-19(11)10-7-6-8-18(9-10)14(22)23-15(2,3)4/h10H,5-9H2,1-4H3,(H,20,21)/t10-/m0/s1. The molecule has 0 aliphatic carbocycles. The molecule has 0 bridgehead atoms. The predicted octanol–water partition coefficient (Wildman–Crippen LogP) is 2.11. The van der Waals surface area contributed by atoms with Gasteiger partial charge in [-0.15, -0.1) is 5.10 Å². The van der Waals surface area contributed by atoms with E-state index in [9.17, 15) is 14.7 Å². The smallest absolute Gasteiger partial charge is 0.410 e. The Morgan fingerprint density at radius 2 is 2.09 bits per heavy atom. The quantitative estimate of drug-likeness (QED) is 0.914. The van der Waals surface area contributed by atoms with Gasteiger partial charge in [0.2, 0.25) is 0 Å². The van der Waals surface area contributed by atoms with Crippen LogP contribution in [0.3, 0.4) is 0 Å². The van der Waals surface area contributed by atoms with Crippen molar-refractivity contribution < 1.29 is 19.4 Å². The van der Waals surface area contributed by atoms with Gasteiger partial charge >= 0.3 is 12.1 Å². The fourth-order valence-electron chi connectivity index (χ4n) is 2.75. The van der Waals surface area contributed by atoms with Crippen LogP contribution in [0.15, 0.2) is 0 Å². The van der Waals surface area contributed by atoms with Crippen molar-refractivity contribution in [3.63, 3.8) is 0 Å². The Morgan fingerprint density at radius 1 is 1.39 bits per heavy atom. The van der Waals surface area contributed by atoms with Crippen LogP contribution in [0.2, 0.25) is 0 Å². The molecule has 1 aromatic rings. The number of aromatic carboxylic acids is 1. The molecule has 0 saturated carbocycles. The van der Waals surface area contributed by atoms with Crippen molar-refractivity contribution >= 4 is 12.1 Å². The maximum atomic E-state index is 12.2. The number of carboxylic acid groups (broad SMARTS) is 1. The second-order valence-electron chi connectivity index (χ2n) is 6.71. The largest absolute Gasteiger partial charge is 0.476 e. The number of carbonyl (C=O) groups excluding carboxylic acids is 1. The summed E-state index contributed by atoms with van der Waals surface area (Å²) in [7, 11) is 0. The lowest BCUT2D eigenvalue weighted by Crippen LogP contribution is -2.43. The van der Waals surface area contributed by atoms with Crippen LogP contribution in [-0.2, 0) is 11.2 Å². The average Bonchev–Trinajstić information content (AvgIpc) is 2.89. The van der Waals surface area contributed by atoms with Gasteiger partial charge in [-0.25, -0.2) is 14.3 Å². The normalized spacial score (nSPS) is 18.8. The summed E-state index contributed by atoms with van der Waals surface area (Å²) in [5, 5.41) is 17.0. The van der Waals surface area contributed by atoms with Gasteiger partial charge in [0.1, 0.15) is 5.60 Å². The number of carbonyl (C=O) groups is 2. The van der Waals surface area contributed by atoms with Crippen LogP contribution in [0.5, 0.6) is 0 Å². The lowest BCUT2D eigenvalue weighted by molar-refractivity contribution is 0.0165. The third kappa shape index (κ3) is 4.00. The highest BCUT2D eigenvalue weighted by Crippen LogP contribution is 2.25. The maximum absolute atomic E-state index is 12.2. The number of likely N-dealkylation sites (tertiary alicyclic amines) is 1. The maximum Gasteiger partial charge on any atom is 0.410 e. The van der Waals surface area contributed by atoms with Gasteiger partial charge in [0.15, 0.2) is 5.69 Å². The molecule has 8 heteroatoms. The molecular weight excluding hydrogens is 300 g/mol. The molecule has 8 nitrogen and oxygen atoms in total. The van der Waals surface area contributed by atoms with Gasteiger partial charge < -0.3 is 14.7 Å². The fourth-order valence-corrected chi connectivity index (χ4v) is 2.75. The van der Waals surface area contributed by atoms with Gasteiger partial charge in [-0.3, -0.25) is 0 Å². The van der Waals surface area contributed by atoms with Gasteiger partial charge in [0, 0.05) is 13.1 Å². The Hall–Kier alpha value is -2.12. The zero-order valence-corrected chi connectivity index (χ0v) is 14.1. The highest BCUT2D eigenvalue weighted by atomic mass is 16.6. The number of rotatable bonds is 3. The Bertz CT molecular complexity index is 591. The van der Waals surface area contributed by atoms with Crippen LogP contribution >= 0.6 is 0 Å². The summed E-state index contributed by atoms with van der Waals surface area (Å²) in [4.78, 5) is 25.1. The number of hydrogen-bond acceptors (Lipinski definition) is 5. The van der Waals surface area contributed by atoms with Gasteiger partial charge in [0.25, 0.3) is 0 Å². The van der Waals surface area contributed by atoms with E-state index in [0.29, 0.717) is 25.2 Å². The Labute approximate surface area is 135 Å². The SMILES string of the molecule is CCc1c(C(=O)O)nnn1[C@H]1CCCN(C(=O)OC(C)(C)C)C1. The molecule has 1 fully saturated rings. The zero-order valence-electron chi connectivity index (χ0n) is 14.1. The highest BCUT2D eigenvalue weighted by molar-refractivity contribution is 5.86. The minimum absolute atomic E-state index is 0.0121. The Morgan fingerprint density at radius 3 is 2.65 bits per heavy atom. The molecular formula is C15H24N4O4. The summed E-state index contributed by atoms with van der Waals surface area (Å²) in [5.74, 6) is -1.08. The summed E-state index contributed by atoms with van der Waals surface area (Å²) >= 11 is 0. The first-order valence-electron chi connectivity index (χ1n) is 7.88. The van der Waals surface area contributed by atoms with Gasteiger partial charge in [-0.1, -0.05) is 12.1 Å². The number of carboxylic acids is 1. The van der Waals surface area contributed by atoms with E-state index in [4.69, 9.17) is 4.74 Å². The van der Waals surface area contributed by atoms with Crippen LogP contribution in [-0.4, -0.2) is 55.8 Å². The molecule has 1 aliphatic heterocycles.